The second kappa shape index (κ2) is 7.08. The van der Waals surface area contributed by atoms with Gasteiger partial charge in [-0.05, 0) is 19.3 Å². The van der Waals surface area contributed by atoms with E-state index in [9.17, 15) is 22.8 Å². The highest BCUT2D eigenvalue weighted by Crippen LogP contribution is 2.32. The average Bonchev–Trinajstić information content (AvgIpc) is 2.84. The highest BCUT2D eigenvalue weighted by molar-refractivity contribution is 7.99. The largest absolute Gasteiger partial charge is 0.414 e. The lowest BCUT2D eigenvalue weighted by atomic mass is 9.84. The molecule has 0 radical (unpaired) electrons. The van der Waals surface area contributed by atoms with E-state index in [-0.39, 0.29) is 18.4 Å². The average molecular weight is 340 g/mol. The smallest absolute Gasteiger partial charge is 0.384 e. The van der Waals surface area contributed by atoms with Crippen molar-refractivity contribution >= 4 is 23.6 Å². The van der Waals surface area contributed by atoms with Gasteiger partial charge in [0.05, 0.1) is 5.88 Å². The fraction of sp³-hybridized carbons (Fsp3) is 0.846. The second-order valence-electron chi connectivity index (χ2n) is 5.59. The maximum Gasteiger partial charge on any atom is 0.414 e. The Morgan fingerprint density at radius 2 is 2.05 bits per heavy atom. The monoisotopic (exact) mass is 340 g/mol. The fourth-order valence-corrected chi connectivity index (χ4v) is 3.54. The number of aliphatic hydroxyl groups is 1. The normalized spacial score (nSPS) is 24.0. The molecule has 1 aliphatic carbocycles. The van der Waals surface area contributed by atoms with E-state index in [0.717, 1.165) is 19.3 Å². The van der Waals surface area contributed by atoms with Gasteiger partial charge in [-0.3, -0.25) is 9.59 Å². The molecule has 0 aromatic carbocycles. The first kappa shape index (κ1) is 17.4. The van der Waals surface area contributed by atoms with Crippen LogP contribution >= 0.6 is 11.8 Å². The van der Waals surface area contributed by atoms with Crippen molar-refractivity contribution in [2.24, 2.45) is 5.92 Å². The number of thioether (sulfide) groups is 1. The number of amides is 2. The number of carbonyl (C=O) groups is 2. The zero-order chi connectivity index (χ0) is 16.3. The predicted octanol–water partition coefficient (Wildman–Crippen LogP) is 1.12. The Hall–Kier alpha value is -0.960. The van der Waals surface area contributed by atoms with E-state index in [2.05, 4.69) is 5.32 Å². The zero-order valence-electron chi connectivity index (χ0n) is 11.9. The van der Waals surface area contributed by atoms with Crippen molar-refractivity contribution in [1.29, 1.82) is 0 Å². The van der Waals surface area contributed by atoms with Crippen LogP contribution in [0.3, 0.4) is 0 Å². The number of hydrogen-bond acceptors (Lipinski definition) is 4. The molecule has 1 saturated heterocycles. The van der Waals surface area contributed by atoms with Crippen molar-refractivity contribution in [3.63, 3.8) is 0 Å². The molecule has 0 spiro atoms. The molecule has 2 aliphatic rings. The molecule has 0 aromatic heterocycles. The third-order valence-corrected chi connectivity index (χ3v) is 5.03. The van der Waals surface area contributed by atoms with Gasteiger partial charge in [-0.1, -0.05) is 6.42 Å². The molecular formula is C13H19F3N2O3S. The van der Waals surface area contributed by atoms with Crippen molar-refractivity contribution < 1.29 is 27.9 Å². The molecule has 1 saturated carbocycles. The molecule has 22 heavy (non-hydrogen) atoms. The number of alkyl halides is 3. The van der Waals surface area contributed by atoms with Crippen LogP contribution in [0.5, 0.6) is 0 Å². The predicted molar refractivity (Wildman–Crippen MR) is 75.0 cm³/mol. The number of aliphatic hydroxyl groups excluding tert-OH is 1. The van der Waals surface area contributed by atoms with Gasteiger partial charge in [0.25, 0.3) is 0 Å². The lowest BCUT2D eigenvalue weighted by Crippen LogP contribution is -2.50. The highest BCUT2D eigenvalue weighted by Gasteiger charge is 2.40. The number of nitrogens with one attached hydrogen (secondary N) is 1. The minimum atomic E-state index is -4.68. The Morgan fingerprint density at radius 1 is 1.36 bits per heavy atom. The quantitative estimate of drug-likeness (QED) is 0.787. The summed E-state index contributed by atoms with van der Waals surface area (Å²) in [5.74, 6) is 0.393. The SMILES string of the molecule is O=C(NCCC(O)C(F)(F)F)C1CSCN1C(=O)C1CCC1. The maximum absolute atomic E-state index is 12.2. The number of carbonyl (C=O) groups excluding carboxylic acids is 2. The molecule has 1 heterocycles. The van der Waals surface area contributed by atoms with Gasteiger partial charge >= 0.3 is 6.18 Å². The van der Waals surface area contributed by atoms with Crippen molar-refractivity contribution in [3.8, 4) is 0 Å². The molecule has 9 heteroatoms. The third-order valence-electron chi connectivity index (χ3n) is 4.02. The maximum atomic E-state index is 12.2. The molecule has 2 rings (SSSR count). The number of halogens is 3. The summed E-state index contributed by atoms with van der Waals surface area (Å²) in [5, 5.41) is 11.3. The minimum Gasteiger partial charge on any atom is -0.384 e. The lowest BCUT2D eigenvalue weighted by Gasteiger charge is -2.31. The van der Waals surface area contributed by atoms with Crippen LogP contribution in [0.1, 0.15) is 25.7 Å². The number of rotatable bonds is 5. The number of hydrogen-bond donors (Lipinski definition) is 2. The van der Waals surface area contributed by atoms with Gasteiger partial charge < -0.3 is 15.3 Å². The Morgan fingerprint density at radius 3 is 2.59 bits per heavy atom. The zero-order valence-corrected chi connectivity index (χ0v) is 12.8. The topological polar surface area (TPSA) is 69.6 Å². The summed E-state index contributed by atoms with van der Waals surface area (Å²) < 4.78 is 36.5. The molecule has 5 nitrogen and oxygen atoms in total. The highest BCUT2D eigenvalue weighted by atomic mass is 32.2. The summed E-state index contributed by atoms with van der Waals surface area (Å²) in [5.41, 5.74) is 0. The van der Waals surface area contributed by atoms with Gasteiger partial charge in [0.2, 0.25) is 11.8 Å². The van der Waals surface area contributed by atoms with Crippen molar-refractivity contribution in [3.05, 3.63) is 0 Å². The Labute approximate surface area is 130 Å². The molecule has 2 unspecified atom stereocenters. The van der Waals surface area contributed by atoms with Gasteiger partial charge in [-0.25, -0.2) is 0 Å². The molecule has 2 fully saturated rings. The first-order chi connectivity index (χ1) is 10.3. The van der Waals surface area contributed by atoms with Crippen LogP contribution in [0, 0.1) is 5.92 Å². The molecule has 2 N–H and O–H groups in total. The van der Waals surface area contributed by atoms with Crippen LogP contribution in [-0.2, 0) is 9.59 Å². The molecule has 0 aromatic rings. The van der Waals surface area contributed by atoms with Gasteiger partial charge in [0, 0.05) is 18.2 Å². The molecular weight excluding hydrogens is 321 g/mol. The van der Waals surface area contributed by atoms with Crippen LogP contribution < -0.4 is 5.32 Å². The first-order valence-corrected chi connectivity index (χ1v) is 8.37. The van der Waals surface area contributed by atoms with Crippen LogP contribution in [0.2, 0.25) is 0 Å². The van der Waals surface area contributed by atoms with Crippen LogP contribution in [0.15, 0.2) is 0 Å². The Balaban J connectivity index is 1.79. The molecule has 126 valence electrons. The summed E-state index contributed by atoms with van der Waals surface area (Å²) >= 11 is 1.46. The summed E-state index contributed by atoms with van der Waals surface area (Å²) in [4.78, 5) is 25.8. The summed E-state index contributed by atoms with van der Waals surface area (Å²) in [6.45, 7) is -0.272. The third kappa shape index (κ3) is 4.07. The van der Waals surface area contributed by atoms with Gasteiger partial charge in [-0.2, -0.15) is 13.2 Å². The standard InChI is InChI=1S/C13H19F3N2O3S/c14-13(15,16)10(19)4-5-17-11(20)9-6-22-7-18(9)12(21)8-2-1-3-8/h8-10,19H,1-7H2,(H,17,20). The molecule has 0 bridgehead atoms. The lowest BCUT2D eigenvalue weighted by molar-refractivity contribution is -0.205. The summed E-state index contributed by atoms with van der Waals surface area (Å²) in [6, 6.07) is -0.624. The van der Waals surface area contributed by atoms with Crippen molar-refractivity contribution in [1.82, 2.24) is 10.2 Å². The first-order valence-electron chi connectivity index (χ1n) is 7.21. The van der Waals surface area contributed by atoms with Gasteiger partial charge in [0.1, 0.15) is 6.04 Å². The Bertz CT molecular complexity index is 429. The fourth-order valence-electron chi connectivity index (χ4n) is 2.38. The van der Waals surface area contributed by atoms with Crippen LogP contribution in [0.25, 0.3) is 0 Å². The molecule has 2 atom stereocenters. The molecule has 1 aliphatic heterocycles. The van der Waals surface area contributed by atoms with E-state index in [1.54, 1.807) is 0 Å². The van der Waals surface area contributed by atoms with E-state index in [1.807, 2.05) is 0 Å². The second-order valence-corrected chi connectivity index (χ2v) is 6.59. The number of nitrogens with zero attached hydrogens (tertiary/aromatic N) is 1. The Kier molecular flexibility index (Phi) is 5.60. The van der Waals surface area contributed by atoms with E-state index in [1.165, 1.54) is 16.7 Å². The van der Waals surface area contributed by atoms with E-state index in [4.69, 9.17) is 5.11 Å². The van der Waals surface area contributed by atoms with Crippen molar-refractivity contribution in [2.75, 3.05) is 18.2 Å². The van der Waals surface area contributed by atoms with E-state index in [0.29, 0.717) is 11.6 Å². The van der Waals surface area contributed by atoms with Crippen molar-refractivity contribution in [2.45, 2.75) is 44.0 Å². The van der Waals surface area contributed by atoms with Gasteiger partial charge in [0.15, 0.2) is 6.10 Å². The van der Waals surface area contributed by atoms with Gasteiger partial charge in [-0.15, -0.1) is 11.8 Å². The van der Waals surface area contributed by atoms with E-state index >= 15 is 0 Å². The van der Waals surface area contributed by atoms with Crippen LogP contribution in [0.4, 0.5) is 13.2 Å². The minimum absolute atomic E-state index is 0.0129. The van der Waals surface area contributed by atoms with Crippen LogP contribution in [-0.4, -0.2) is 58.3 Å². The van der Waals surface area contributed by atoms with E-state index < -0.39 is 30.7 Å². The molecule has 2 amide bonds. The summed E-state index contributed by atoms with van der Waals surface area (Å²) in [7, 11) is 0. The summed E-state index contributed by atoms with van der Waals surface area (Å²) in [6.07, 6.45) is -5.02.